The molecule has 1 aliphatic rings. The minimum absolute atomic E-state index is 0.177. The number of halogens is 1. The van der Waals surface area contributed by atoms with Gasteiger partial charge < -0.3 is 5.32 Å². The number of hydrogen-bond donors (Lipinski definition) is 1. The third kappa shape index (κ3) is 1.94. The zero-order valence-corrected chi connectivity index (χ0v) is 9.41. The molecule has 0 saturated heterocycles. The topological polar surface area (TPSA) is 24.9 Å². The van der Waals surface area contributed by atoms with Crippen molar-refractivity contribution in [1.82, 2.24) is 10.3 Å². The van der Waals surface area contributed by atoms with Crippen LogP contribution in [-0.4, -0.2) is 11.5 Å². The van der Waals surface area contributed by atoms with Crippen LogP contribution in [0, 0.1) is 5.82 Å². The number of rotatable bonds is 1. The summed E-state index contributed by atoms with van der Waals surface area (Å²) < 4.78 is 14.0. The first-order chi connectivity index (χ1) is 8.34. The highest BCUT2D eigenvalue weighted by Gasteiger charge is 2.14. The summed E-state index contributed by atoms with van der Waals surface area (Å²) in [6.45, 7) is 1.74. The maximum atomic E-state index is 14.0. The van der Waals surface area contributed by atoms with Crippen molar-refractivity contribution < 1.29 is 4.39 Å². The predicted octanol–water partition coefficient (Wildman–Crippen LogP) is 2.53. The average Bonchev–Trinajstić information content (AvgIpc) is 2.39. The lowest BCUT2D eigenvalue weighted by molar-refractivity contribution is 0.608. The molecule has 2 nitrogen and oxygen atoms in total. The van der Waals surface area contributed by atoms with E-state index in [9.17, 15) is 4.39 Å². The lowest BCUT2D eigenvalue weighted by atomic mass is 9.97. The molecule has 86 valence electrons. The van der Waals surface area contributed by atoms with Crippen LogP contribution in [0.3, 0.4) is 0 Å². The molecule has 1 aromatic carbocycles. The van der Waals surface area contributed by atoms with Gasteiger partial charge in [-0.3, -0.25) is 4.98 Å². The van der Waals surface area contributed by atoms with Crippen LogP contribution in [0.15, 0.2) is 36.5 Å². The average molecular weight is 228 g/mol. The fourth-order valence-electron chi connectivity index (χ4n) is 2.22. The van der Waals surface area contributed by atoms with Crippen LogP contribution in [0.1, 0.15) is 11.1 Å². The molecule has 0 radical (unpaired) electrons. The summed E-state index contributed by atoms with van der Waals surface area (Å²) in [5.74, 6) is -0.177. The minimum Gasteiger partial charge on any atom is -0.312 e. The largest absolute Gasteiger partial charge is 0.312 e. The van der Waals surface area contributed by atoms with E-state index < -0.39 is 0 Å². The van der Waals surface area contributed by atoms with Crippen molar-refractivity contribution in [3.8, 4) is 11.3 Å². The summed E-state index contributed by atoms with van der Waals surface area (Å²) in [7, 11) is 0. The third-order valence-corrected chi connectivity index (χ3v) is 3.12. The smallest absolute Gasteiger partial charge is 0.132 e. The van der Waals surface area contributed by atoms with E-state index in [2.05, 4.69) is 10.3 Å². The van der Waals surface area contributed by atoms with E-state index in [1.807, 2.05) is 24.3 Å². The molecule has 0 atom stereocenters. The first-order valence-electron chi connectivity index (χ1n) is 5.78. The second kappa shape index (κ2) is 4.26. The van der Waals surface area contributed by atoms with Gasteiger partial charge in [-0.15, -0.1) is 0 Å². The second-order valence-corrected chi connectivity index (χ2v) is 4.24. The van der Waals surface area contributed by atoms with Gasteiger partial charge in [0.05, 0.1) is 5.69 Å². The van der Waals surface area contributed by atoms with Gasteiger partial charge in [-0.05, 0) is 48.4 Å². The number of aromatic nitrogens is 1. The summed E-state index contributed by atoms with van der Waals surface area (Å²) in [4.78, 5) is 4.20. The third-order valence-electron chi connectivity index (χ3n) is 3.12. The van der Waals surface area contributed by atoms with E-state index in [1.54, 1.807) is 12.3 Å². The molecule has 0 unspecified atom stereocenters. The second-order valence-electron chi connectivity index (χ2n) is 4.24. The summed E-state index contributed by atoms with van der Waals surface area (Å²) in [5.41, 5.74) is 3.57. The van der Waals surface area contributed by atoms with Crippen molar-refractivity contribution >= 4 is 0 Å². The Labute approximate surface area is 99.5 Å². The molecular weight excluding hydrogens is 215 g/mol. The SMILES string of the molecule is Fc1cc2c(cc1-c1ccccn1)CNCC2. The van der Waals surface area contributed by atoms with Crippen molar-refractivity contribution in [3.05, 3.63) is 53.5 Å². The molecule has 1 aromatic heterocycles. The van der Waals surface area contributed by atoms with E-state index in [0.717, 1.165) is 25.1 Å². The maximum Gasteiger partial charge on any atom is 0.132 e. The van der Waals surface area contributed by atoms with Gasteiger partial charge in [-0.2, -0.15) is 0 Å². The highest BCUT2D eigenvalue weighted by Crippen LogP contribution is 2.26. The van der Waals surface area contributed by atoms with Crippen LogP contribution in [0.25, 0.3) is 11.3 Å². The van der Waals surface area contributed by atoms with Gasteiger partial charge >= 0.3 is 0 Å². The standard InChI is InChI=1S/C14H13FN2/c15-13-8-10-4-6-16-9-11(10)7-12(13)14-3-1-2-5-17-14/h1-3,5,7-8,16H,4,6,9H2. The quantitative estimate of drug-likeness (QED) is 0.811. The molecule has 0 fully saturated rings. The molecule has 3 rings (SSSR count). The molecular formula is C14H13FN2. The van der Waals surface area contributed by atoms with Gasteiger partial charge in [0.2, 0.25) is 0 Å². The van der Waals surface area contributed by atoms with Crippen molar-refractivity contribution in [2.75, 3.05) is 6.54 Å². The number of nitrogens with zero attached hydrogens (tertiary/aromatic N) is 1. The van der Waals surface area contributed by atoms with Crippen LogP contribution in [0.5, 0.6) is 0 Å². The Bertz CT molecular complexity index is 537. The molecule has 0 saturated carbocycles. The van der Waals surface area contributed by atoms with Crippen LogP contribution < -0.4 is 5.32 Å². The van der Waals surface area contributed by atoms with Gasteiger partial charge in [0.15, 0.2) is 0 Å². The fraction of sp³-hybridized carbons (Fsp3) is 0.214. The van der Waals surface area contributed by atoms with E-state index in [4.69, 9.17) is 0 Å². The van der Waals surface area contributed by atoms with Crippen LogP contribution in [0.4, 0.5) is 4.39 Å². The summed E-state index contributed by atoms with van der Waals surface area (Å²) in [6, 6.07) is 9.11. The number of fused-ring (bicyclic) bond motifs is 1. The fourth-order valence-corrected chi connectivity index (χ4v) is 2.22. The number of pyridine rings is 1. The lowest BCUT2D eigenvalue weighted by Gasteiger charge is -2.18. The molecule has 2 heterocycles. The molecule has 0 spiro atoms. The number of nitrogens with one attached hydrogen (secondary N) is 1. The Hall–Kier alpha value is -1.74. The van der Waals surface area contributed by atoms with Crippen molar-refractivity contribution in [1.29, 1.82) is 0 Å². The molecule has 0 aliphatic carbocycles. The maximum absolute atomic E-state index is 14.0. The van der Waals surface area contributed by atoms with Crippen LogP contribution in [-0.2, 0) is 13.0 Å². The molecule has 2 aromatic rings. The molecule has 1 aliphatic heterocycles. The van der Waals surface area contributed by atoms with E-state index in [1.165, 1.54) is 5.56 Å². The van der Waals surface area contributed by atoms with Crippen LogP contribution >= 0.6 is 0 Å². The van der Waals surface area contributed by atoms with Gasteiger partial charge in [0.1, 0.15) is 5.82 Å². The van der Waals surface area contributed by atoms with Gasteiger partial charge in [0.25, 0.3) is 0 Å². The first kappa shape index (κ1) is 10.4. The Balaban J connectivity index is 2.12. The Morgan fingerprint density at radius 2 is 2.12 bits per heavy atom. The Morgan fingerprint density at radius 1 is 1.18 bits per heavy atom. The van der Waals surface area contributed by atoms with E-state index in [0.29, 0.717) is 11.3 Å². The normalized spacial score (nSPS) is 14.4. The monoisotopic (exact) mass is 228 g/mol. The van der Waals surface area contributed by atoms with Crippen LogP contribution in [0.2, 0.25) is 0 Å². The first-order valence-corrected chi connectivity index (χ1v) is 5.78. The number of benzene rings is 1. The van der Waals surface area contributed by atoms with Gasteiger partial charge in [-0.25, -0.2) is 4.39 Å². The minimum atomic E-state index is -0.177. The Kier molecular flexibility index (Phi) is 2.61. The number of hydrogen-bond acceptors (Lipinski definition) is 2. The molecule has 0 amide bonds. The van der Waals surface area contributed by atoms with E-state index in [-0.39, 0.29) is 5.82 Å². The predicted molar refractivity (Wildman–Crippen MR) is 65.0 cm³/mol. The van der Waals surface area contributed by atoms with E-state index >= 15 is 0 Å². The molecule has 3 heteroatoms. The molecule has 0 bridgehead atoms. The molecule has 1 N–H and O–H groups in total. The highest BCUT2D eigenvalue weighted by molar-refractivity contribution is 5.62. The zero-order chi connectivity index (χ0) is 11.7. The lowest BCUT2D eigenvalue weighted by Crippen LogP contribution is -2.23. The zero-order valence-electron chi connectivity index (χ0n) is 9.41. The molecule has 17 heavy (non-hydrogen) atoms. The van der Waals surface area contributed by atoms with Crippen molar-refractivity contribution in [2.45, 2.75) is 13.0 Å². The summed E-state index contributed by atoms with van der Waals surface area (Å²) in [6.07, 6.45) is 2.58. The summed E-state index contributed by atoms with van der Waals surface area (Å²) in [5, 5.41) is 3.30. The van der Waals surface area contributed by atoms with Crippen molar-refractivity contribution in [3.63, 3.8) is 0 Å². The van der Waals surface area contributed by atoms with Gasteiger partial charge in [0, 0.05) is 18.3 Å². The van der Waals surface area contributed by atoms with Gasteiger partial charge in [-0.1, -0.05) is 6.07 Å². The Morgan fingerprint density at radius 3 is 2.94 bits per heavy atom. The van der Waals surface area contributed by atoms with Crippen molar-refractivity contribution in [2.24, 2.45) is 0 Å². The summed E-state index contributed by atoms with van der Waals surface area (Å²) >= 11 is 0. The highest BCUT2D eigenvalue weighted by atomic mass is 19.1.